The number of nitrogens with one attached hydrogen (secondary N) is 1. The Balaban J connectivity index is 2.41. The van der Waals surface area contributed by atoms with Crippen molar-refractivity contribution < 1.29 is 4.74 Å². The van der Waals surface area contributed by atoms with Crippen LogP contribution in [-0.4, -0.2) is 32.3 Å². The normalized spacial score (nSPS) is 31.4. The van der Waals surface area contributed by atoms with Crippen LogP contribution in [-0.2, 0) is 4.74 Å². The van der Waals surface area contributed by atoms with E-state index >= 15 is 0 Å². The lowest BCUT2D eigenvalue weighted by Crippen LogP contribution is -2.47. The Morgan fingerprint density at radius 2 is 2.12 bits per heavy atom. The maximum Gasteiger partial charge on any atom is 0.0615 e. The molecule has 0 saturated heterocycles. The lowest BCUT2D eigenvalue weighted by molar-refractivity contribution is 0.129. The molecular weight excluding hydrogens is 212 g/mol. The molecule has 0 aromatic rings. The third-order valence-corrected chi connectivity index (χ3v) is 4.28. The Labute approximate surface area is 106 Å². The number of methoxy groups -OCH3 is 1. The van der Waals surface area contributed by atoms with Crippen molar-refractivity contribution in [3.8, 4) is 0 Å². The van der Waals surface area contributed by atoms with E-state index in [1.165, 1.54) is 19.3 Å². The summed E-state index contributed by atoms with van der Waals surface area (Å²) in [5.74, 6) is 1.62. The molecular formula is C14H30N2O. The first kappa shape index (κ1) is 14.9. The third kappa shape index (κ3) is 4.94. The molecule has 1 saturated carbocycles. The Hall–Kier alpha value is -0.120. The maximum atomic E-state index is 5.59. The van der Waals surface area contributed by atoms with Gasteiger partial charge in [-0.05, 0) is 37.6 Å². The van der Waals surface area contributed by atoms with Crippen LogP contribution < -0.4 is 11.1 Å². The number of hydrogen-bond donors (Lipinski definition) is 2. The summed E-state index contributed by atoms with van der Waals surface area (Å²) < 4.78 is 5.30. The molecule has 3 N–H and O–H groups in total. The Bertz CT molecular complexity index is 199. The number of hydrogen-bond acceptors (Lipinski definition) is 3. The fraction of sp³-hybridized carbons (Fsp3) is 1.00. The summed E-state index contributed by atoms with van der Waals surface area (Å²) in [6.45, 7) is 6.34. The Morgan fingerprint density at radius 1 is 1.35 bits per heavy atom. The van der Waals surface area contributed by atoms with E-state index in [0.717, 1.165) is 37.8 Å². The van der Waals surface area contributed by atoms with Gasteiger partial charge in [0.25, 0.3) is 0 Å². The highest BCUT2D eigenvalue weighted by atomic mass is 16.5. The van der Waals surface area contributed by atoms with Gasteiger partial charge in [0.2, 0.25) is 0 Å². The molecule has 1 rings (SSSR count). The van der Waals surface area contributed by atoms with Gasteiger partial charge in [0.15, 0.2) is 0 Å². The van der Waals surface area contributed by atoms with E-state index in [4.69, 9.17) is 10.5 Å². The molecule has 0 amide bonds. The van der Waals surface area contributed by atoms with Crippen LogP contribution in [0.4, 0.5) is 0 Å². The average Bonchev–Trinajstić information content (AvgIpc) is 2.32. The summed E-state index contributed by atoms with van der Waals surface area (Å²) in [5, 5.41) is 3.79. The van der Waals surface area contributed by atoms with Gasteiger partial charge in [0, 0.05) is 19.2 Å². The lowest BCUT2D eigenvalue weighted by Gasteiger charge is -2.37. The highest BCUT2D eigenvalue weighted by Crippen LogP contribution is 2.29. The van der Waals surface area contributed by atoms with E-state index in [2.05, 4.69) is 19.2 Å². The second-order valence-corrected chi connectivity index (χ2v) is 5.62. The van der Waals surface area contributed by atoms with Crippen molar-refractivity contribution in [1.29, 1.82) is 0 Å². The topological polar surface area (TPSA) is 47.3 Å². The summed E-state index contributed by atoms with van der Waals surface area (Å²) in [6, 6.07) is 1.14. The summed E-state index contributed by atoms with van der Waals surface area (Å²) in [4.78, 5) is 0. The fourth-order valence-electron chi connectivity index (χ4n) is 2.90. The summed E-state index contributed by atoms with van der Waals surface area (Å²) in [6.07, 6.45) is 6.27. The zero-order valence-electron chi connectivity index (χ0n) is 11.7. The monoisotopic (exact) mass is 242 g/mol. The Kier molecular flexibility index (Phi) is 7.09. The summed E-state index contributed by atoms with van der Waals surface area (Å²) in [5.41, 5.74) is 5.59. The van der Waals surface area contributed by atoms with Crippen molar-refractivity contribution >= 4 is 0 Å². The van der Waals surface area contributed by atoms with Crippen LogP contribution in [0, 0.1) is 11.8 Å². The molecule has 0 aliphatic heterocycles. The zero-order chi connectivity index (χ0) is 12.7. The predicted octanol–water partition coefficient (Wildman–Crippen LogP) is 2.15. The predicted molar refractivity (Wildman–Crippen MR) is 73.1 cm³/mol. The molecule has 0 radical (unpaired) electrons. The molecule has 3 nitrogen and oxygen atoms in total. The highest BCUT2D eigenvalue weighted by Gasteiger charge is 2.28. The molecule has 0 heterocycles. The molecule has 4 atom stereocenters. The zero-order valence-corrected chi connectivity index (χ0v) is 11.7. The largest absolute Gasteiger partial charge is 0.383 e. The molecule has 102 valence electrons. The SMILES string of the molecule is COCC(CCCN)NC1CCCC(C)C1C. The van der Waals surface area contributed by atoms with Gasteiger partial charge in [-0.15, -0.1) is 0 Å². The average molecular weight is 242 g/mol. The van der Waals surface area contributed by atoms with Crippen molar-refractivity contribution in [1.82, 2.24) is 5.32 Å². The summed E-state index contributed by atoms with van der Waals surface area (Å²) >= 11 is 0. The Morgan fingerprint density at radius 3 is 2.76 bits per heavy atom. The molecule has 1 fully saturated rings. The first-order valence-corrected chi connectivity index (χ1v) is 7.14. The fourth-order valence-corrected chi connectivity index (χ4v) is 2.90. The van der Waals surface area contributed by atoms with Crippen LogP contribution in [0.5, 0.6) is 0 Å². The van der Waals surface area contributed by atoms with Gasteiger partial charge in [0.05, 0.1) is 6.61 Å². The molecule has 17 heavy (non-hydrogen) atoms. The second kappa shape index (κ2) is 8.06. The van der Waals surface area contributed by atoms with Crippen molar-refractivity contribution in [2.45, 2.75) is 58.0 Å². The van der Waals surface area contributed by atoms with Gasteiger partial charge in [-0.2, -0.15) is 0 Å². The molecule has 0 bridgehead atoms. The van der Waals surface area contributed by atoms with Crippen LogP contribution in [0.2, 0.25) is 0 Å². The van der Waals surface area contributed by atoms with E-state index in [1.54, 1.807) is 7.11 Å². The molecule has 0 aromatic carbocycles. The van der Waals surface area contributed by atoms with Crippen molar-refractivity contribution in [3.63, 3.8) is 0 Å². The van der Waals surface area contributed by atoms with Crippen LogP contribution in [0.3, 0.4) is 0 Å². The van der Waals surface area contributed by atoms with E-state index in [1.807, 2.05) is 0 Å². The summed E-state index contributed by atoms with van der Waals surface area (Å²) in [7, 11) is 1.78. The molecule has 0 aromatic heterocycles. The lowest BCUT2D eigenvalue weighted by atomic mass is 9.77. The molecule has 3 heteroatoms. The molecule has 1 aliphatic carbocycles. The highest BCUT2D eigenvalue weighted by molar-refractivity contribution is 4.85. The van der Waals surface area contributed by atoms with Gasteiger partial charge in [0.1, 0.15) is 0 Å². The third-order valence-electron chi connectivity index (χ3n) is 4.28. The van der Waals surface area contributed by atoms with Crippen LogP contribution in [0.25, 0.3) is 0 Å². The van der Waals surface area contributed by atoms with E-state index in [-0.39, 0.29) is 0 Å². The maximum absolute atomic E-state index is 5.59. The smallest absolute Gasteiger partial charge is 0.0615 e. The van der Waals surface area contributed by atoms with Crippen molar-refractivity contribution in [2.24, 2.45) is 17.6 Å². The molecule has 0 spiro atoms. The van der Waals surface area contributed by atoms with Gasteiger partial charge in [-0.25, -0.2) is 0 Å². The second-order valence-electron chi connectivity index (χ2n) is 5.62. The minimum absolute atomic E-state index is 0.473. The first-order valence-electron chi connectivity index (χ1n) is 7.14. The van der Waals surface area contributed by atoms with Gasteiger partial charge in [-0.1, -0.05) is 26.7 Å². The minimum Gasteiger partial charge on any atom is -0.383 e. The van der Waals surface area contributed by atoms with E-state index < -0.39 is 0 Å². The van der Waals surface area contributed by atoms with Crippen LogP contribution >= 0.6 is 0 Å². The number of rotatable bonds is 7. The first-order chi connectivity index (χ1) is 8.19. The minimum atomic E-state index is 0.473. The van der Waals surface area contributed by atoms with Gasteiger partial charge >= 0.3 is 0 Å². The molecule has 4 unspecified atom stereocenters. The standard InChI is InChI=1S/C14H30N2O/c1-11-6-4-8-14(12(11)2)16-13(10-17-3)7-5-9-15/h11-14,16H,4-10,15H2,1-3H3. The van der Waals surface area contributed by atoms with Crippen LogP contribution in [0.15, 0.2) is 0 Å². The van der Waals surface area contributed by atoms with Crippen LogP contribution in [0.1, 0.15) is 46.0 Å². The van der Waals surface area contributed by atoms with Crippen molar-refractivity contribution in [2.75, 3.05) is 20.3 Å². The van der Waals surface area contributed by atoms with E-state index in [9.17, 15) is 0 Å². The quantitative estimate of drug-likeness (QED) is 0.719. The molecule has 1 aliphatic rings. The van der Waals surface area contributed by atoms with Crippen molar-refractivity contribution in [3.05, 3.63) is 0 Å². The number of ether oxygens (including phenoxy) is 1. The van der Waals surface area contributed by atoms with E-state index in [0.29, 0.717) is 12.1 Å². The van der Waals surface area contributed by atoms with Gasteiger partial charge in [-0.3, -0.25) is 0 Å². The number of nitrogens with two attached hydrogens (primary N) is 1. The van der Waals surface area contributed by atoms with Gasteiger partial charge < -0.3 is 15.8 Å².